The lowest BCUT2D eigenvalue weighted by Crippen LogP contribution is -2.31. The summed E-state index contributed by atoms with van der Waals surface area (Å²) in [6.07, 6.45) is 1.37. The summed E-state index contributed by atoms with van der Waals surface area (Å²) in [7, 11) is 0. The van der Waals surface area contributed by atoms with E-state index in [4.69, 9.17) is 9.47 Å². The number of ether oxygens (including phenoxy) is 2. The van der Waals surface area contributed by atoms with E-state index >= 15 is 0 Å². The molecule has 1 aliphatic rings. The molecule has 1 heterocycles. The fraction of sp³-hybridized carbons (Fsp3) is 0.200. The van der Waals surface area contributed by atoms with Crippen LogP contribution in [0.1, 0.15) is 22.8 Å². The summed E-state index contributed by atoms with van der Waals surface area (Å²) in [5, 5.41) is 0. The molecule has 1 aliphatic heterocycles. The first-order chi connectivity index (χ1) is 11.6. The molecule has 0 bridgehead atoms. The van der Waals surface area contributed by atoms with E-state index in [1.807, 2.05) is 30.3 Å². The Balaban J connectivity index is 1.79. The number of allylic oxidation sites excluding steroid dienone is 2. The van der Waals surface area contributed by atoms with Crippen LogP contribution >= 0.6 is 0 Å². The van der Waals surface area contributed by atoms with Crippen molar-refractivity contribution in [2.75, 3.05) is 6.61 Å². The Morgan fingerprint density at radius 2 is 1.83 bits per heavy atom. The zero-order valence-corrected chi connectivity index (χ0v) is 13.4. The number of carbonyl (C=O) groups is 2. The predicted octanol–water partition coefficient (Wildman–Crippen LogP) is 3.57. The average molecular weight is 322 g/mol. The molecular weight excluding hydrogens is 304 g/mol. The lowest BCUT2D eigenvalue weighted by atomic mass is 9.92. The molecule has 0 fully saturated rings. The summed E-state index contributed by atoms with van der Waals surface area (Å²) in [6, 6.07) is 16.7. The molecule has 4 nitrogen and oxygen atoms in total. The highest BCUT2D eigenvalue weighted by Gasteiger charge is 2.31. The van der Waals surface area contributed by atoms with E-state index in [0.717, 1.165) is 5.56 Å². The van der Waals surface area contributed by atoms with Crippen LogP contribution in [0.5, 0.6) is 5.75 Å². The summed E-state index contributed by atoms with van der Waals surface area (Å²) >= 11 is 0. The molecule has 0 spiro atoms. The van der Waals surface area contributed by atoms with Crippen molar-refractivity contribution in [1.29, 1.82) is 0 Å². The third kappa shape index (κ3) is 3.54. The highest BCUT2D eigenvalue weighted by Crippen LogP contribution is 2.25. The van der Waals surface area contributed by atoms with Crippen molar-refractivity contribution in [2.24, 2.45) is 5.92 Å². The zero-order chi connectivity index (χ0) is 16.9. The van der Waals surface area contributed by atoms with Crippen LogP contribution in [0.25, 0.3) is 0 Å². The number of Topliss-reactive ketones (excluding diaryl/α,β-unsaturated/α-hetero) is 1. The number of para-hydroxylation sites is 1. The van der Waals surface area contributed by atoms with Gasteiger partial charge in [-0.15, -0.1) is 0 Å². The Labute approximate surface area is 140 Å². The summed E-state index contributed by atoms with van der Waals surface area (Å²) < 4.78 is 11.2. The summed E-state index contributed by atoms with van der Waals surface area (Å²) in [6.45, 7) is 2.14. The van der Waals surface area contributed by atoms with Gasteiger partial charge in [-0.2, -0.15) is 0 Å². The lowest BCUT2D eigenvalue weighted by molar-refractivity contribution is -0.119. The Morgan fingerprint density at radius 1 is 1.12 bits per heavy atom. The summed E-state index contributed by atoms with van der Waals surface area (Å²) in [5.41, 5.74) is 1.42. The van der Waals surface area contributed by atoms with Crippen molar-refractivity contribution in [2.45, 2.75) is 13.5 Å². The molecule has 0 aromatic heterocycles. The lowest BCUT2D eigenvalue weighted by Gasteiger charge is -2.20. The van der Waals surface area contributed by atoms with Gasteiger partial charge in [0.25, 0.3) is 0 Å². The molecule has 0 aliphatic carbocycles. The number of hydrogen-bond acceptors (Lipinski definition) is 4. The first-order valence-corrected chi connectivity index (χ1v) is 7.80. The van der Waals surface area contributed by atoms with E-state index in [-0.39, 0.29) is 18.2 Å². The first kappa shape index (κ1) is 16.0. The number of carbonyl (C=O) groups excluding carboxylic acids is 2. The molecule has 4 heteroatoms. The molecule has 2 aromatic carbocycles. The second-order valence-electron chi connectivity index (χ2n) is 5.66. The van der Waals surface area contributed by atoms with Crippen molar-refractivity contribution < 1.29 is 19.1 Å². The van der Waals surface area contributed by atoms with Crippen LogP contribution in [-0.2, 0) is 16.1 Å². The van der Waals surface area contributed by atoms with Crippen LogP contribution in [0.4, 0.5) is 0 Å². The minimum atomic E-state index is -0.810. The normalized spacial score (nSPS) is 17.0. The molecule has 2 aromatic rings. The average Bonchev–Trinajstić information content (AvgIpc) is 2.60. The van der Waals surface area contributed by atoms with E-state index in [1.165, 1.54) is 6.08 Å². The van der Waals surface area contributed by atoms with E-state index in [9.17, 15) is 9.59 Å². The molecule has 3 rings (SSSR count). The second-order valence-corrected chi connectivity index (χ2v) is 5.66. The summed E-state index contributed by atoms with van der Waals surface area (Å²) in [5.74, 6) is -0.285. The number of rotatable bonds is 5. The second kappa shape index (κ2) is 7.13. The minimum absolute atomic E-state index is 0.0764. The van der Waals surface area contributed by atoms with Crippen LogP contribution in [0.2, 0.25) is 0 Å². The highest BCUT2D eigenvalue weighted by molar-refractivity contribution is 6.15. The maximum atomic E-state index is 12.7. The molecule has 122 valence electrons. The van der Waals surface area contributed by atoms with Crippen molar-refractivity contribution in [3.8, 4) is 5.75 Å². The van der Waals surface area contributed by atoms with Crippen LogP contribution in [-0.4, -0.2) is 18.2 Å². The van der Waals surface area contributed by atoms with Crippen LogP contribution < -0.4 is 4.74 Å². The van der Waals surface area contributed by atoms with Gasteiger partial charge in [-0.3, -0.25) is 9.59 Å². The molecule has 0 N–H and O–H groups in total. The van der Waals surface area contributed by atoms with E-state index in [1.54, 1.807) is 31.2 Å². The van der Waals surface area contributed by atoms with Gasteiger partial charge in [-0.1, -0.05) is 42.5 Å². The van der Waals surface area contributed by atoms with Gasteiger partial charge in [0.1, 0.15) is 24.9 Å². The highest BCUT2D eigenvalue weighted by atomic mass is 16.5. The third-order valence-corrected chi connectivity index (χ3v) is 3.87. The largest absolute Gasteiger partial charge is 0.497 e. The Morgan fingerprint density at radius 3 is 2.58 bits per heavy atom. The van der Waals surface area contributed by atoms with Gasteiger partial charge in [0.2, 0.25) is 0 Å². The van der Waals surface area contributed by atoms with Crippen LogP contribution in [0.3, 0.4) is 0 Å². The Hall–Kier alpha value is -2.88. The molecule has 0 saturated heterocycles. The molecule has 0 saturated carbocycles. The Kier molecular flexibility index (Phi) is 4.75. The molecule has 1 atom stereocenters. The number of hydrogen-bond donors (Lipinski definition) is 0. The molecule has 0 radical (unpaired) electrons. The van der Waals surface area contributed by atoms with Gasteiger partial charge in [-0.25, -0.2) is 0 Å². The van der Waals surface area contributed by atoms with Gasteiger partial charge < -0.3 is 9.47 Å². The monoisotopic (exact) mass is 322 g/mol. The standard InChI is InChI=1S/C20H18O4/c1-14-11-18(21)17(13-23-14)20(22)16-9-5-6-10-19(16)24-12-15-7-3-2-4-8-15/h2-11,17H,12-13H2,1H3. The van der Waals surface area contributed by atoms with Crippen LogP contribution in [0.15, 0.2) is 66.4 Å². The van der Waals surface area contributed by atoms with Crippen molar-refractivity contribution in [3.63, 3.8) is 0 Å². The van der Waals surface area contributed by atoms with Crippen molar-refractivity contribution in [3.05, 3.63) is 77.6 Å². The predicted molar refractivity (Wildman–Crippen MR) is 89.8 cm³/mol. The quantitative estimate of drug-likeness (QED) is 0.624. The van der Waals surface area contributed by atoms with E-state index in [2.05, 4.69) is 0 Å². The SMILES string of the molecule is CC1=CC(=O)C(C(=O)c2ccccc2OCc2ccccc2)CO1. The fourth-order valence-corrected chi connectivity index (χ4v) is 2.56. The smallest absolute Gasteiger partial charge is 0.180 e. The molecule has 24 heavy (non-hydrogen) atoms. The maximum Gasteiger partial charge on any atom is 0.180 e. The third-order valence-electron chi connectivity index (χ3n) is 3.87. The van der Waals surface area contributed by atoms with Crippen molar-refractivity contribution in [1.82, 2.24) is 0 Å². The minimum Gasteiger partial charge on any atom is -0.497 e. The van der Waals surface area contributed by atoms with Gasteiger partial charge in [-0.05, 0) is 24.6 Å². The molecule has 1 unspecified atom stereocenters. The van der Waals surface area contributed by atoms with Crippen LogP contribution in [0, 0.1) is 5.92 Å². The topological polar surface area (TPSA) is 52.6 Å². The van der Waals surface area contributed by atoms with Gasteiger partial charge in [0.15, 0.2) is 11.6 Å². The maximum absolute atomic E-state index is 12.7. The molecule has 0 amide bonds. The summed E-state index contributed by atoms with van der Waals surface area (Å²) in [4.78, 5) is 24.8. The van der Waals surface area contributed by atoms with Crippen molar-refractivity contribution >= 4 is 11.6 Å². The van der Waals surface area contributed by atoms with E-state index in [0.29, 0.717) is 23.7 Å². The fourth-order valence-electron chi connectivity index (χ4n) is 2.56. The first-order valence-electron chi connectivity index (χ1n) is 7.80. The molecular formula is C20H18O4. The Bertz CT molecular complexity index is 777. The van der Waals surface area contributed by atoms with Gasteiger partial charge in [0.05, 0.1) is 11.3 Å². The number of ketones is 2. The number of benzene rings is 2. The van der Waals surface area contributed by atoms with Gasteiger partial charge >= 0.3 is 0 Å². The van der Waals surface area contributed by atoms with E-state index < -0.39 is 5.92 Å². The van der Waals surface area contributed by atoms with Gasteiger partial charge in [0, 0.05) is 6.08 Å². The zero-order valence-electron chi connectivity index (χ0n) is 13.4.